The van der Waals surface area contributed by atoms with Crippen LogP contribution in [-0.2, 0) is 0 Å². The van der Waals surface area contributed by atoms with E-state index in [0.29, 0.717) is 22.6 Å². The molecule has 0 aromatic carbocycles. The van der Waals surface area contributed by atoms with Gasteiger partial charge in [-0.1, -0.05) is 0 Å². The van der Waals surface area contributed by atoms with Crippen LogP contribution in [0, 0.1) is 0 Å². The highest BCUT2D eigenvalue weighted by Crippen LogP contribution is 2.09. The van der Waals surface area contributed by atoms with Crippen LogP contribution in [0.1, 0.15) is 0 Å². The van der Waals surface area contributed by atoms with Crippen LogP contribution >= 0.6 is 0 Å². The third-order valence-electron chi connectivity index (χ3n) is 2.55. The number of hydrogen-bond acceptors (Lipinski definition) is 8. The van der Waals surface area contributed by atoms with Crippen molar-refractivity contribution < 1.29 is 0 Å². The molecule has 4 aromatic rings. The Morgan fingerprint density at radius 1 is 0.905 bits per heavy atom. The van der Waals surface area contributed by atoms with Crippen LogP contribution in [0.25, 0.3) is 22.3 Å². The van der Waals surface area contributed by atoms with E-state index >= 15 is 0 Å². The molecule has 11 heteroatoms. The fourth-order valence-corrected chi connectivity index (χ4v) is 1.65. The molecule has 0 atom stereocenters. The Kier molecular flexibility index (Phi) is 2.91. The lowest BCUT2D eigenvalue weighted by Crippen LogP contribution is -2.10. The molecule has 106 valence electrons. The third kappa shape index (κ3) is 2.34. The van der Waals surface area contributed by atoms with Crippen molar-refractivity contribution in [3.8, 4) is 0 Å². The summed E-state index contributed by atoms with van der Waals surface area (Å²) in [6.45, 7) is 0. The van der Waals surface area contributed by atoms with Crippen LogP contribution < -0.4 is 17.0 Å². The summed E-state index contributed by atoms with van der Waals surface area (Å²) >= 11 is 0. The number of fused-ring (bicyclic) bond motifs is 2. The van der Waals surface area contributed by atoms with E-state index in [2.05, 4.69) is 39.9 Å². The summed E-state index contributed by atoms with van der Waals surface area (Å²) in [4.78, 5) is 37.9. The number of nitrogens with two attached hydrogens (primary N) is 2. The van der Waals surface area contributed by atoms with E-state index < -0.39 is 0 Å². The summed E-state index contributed by atoms with van der Waals surface area (Å²) in [6, 6.07) is 0. The number of anilines is 2. The van der Waals surface area contributed by atoms with E-state index in [0.717, 1.165) is 0 Å². The van der Waals surface area contributed by atoms with Gasteiger partial charge < -0.3 is 21.4 Å². The SMILES string of the molecule is Nc1nc2[nH]cnc2c(=O)[nH]1.Nc1ncnc2[nH]cnc12. The molecule has 7 N–H and O–H groups in total. The van der Waals surface area contributed by atoms with E-state index in [9.17, 15) is 4.79 Å². The highest BCUT2D eigenvalue weighted by atomic mass is 16.1. The van der Waals surface area contributed by atoms with Crippen molar-refractivity contribution in [1.29, 1.82) is 0 Å². The van der Waals surface area contributed by atoms with Crippen LogP contribution in [0.3, 0.4) is 0 Å². The smallest absolute Gasteiger partial charge is 0.280 e. The zero-order valence-corrected chi connectivity index (χ0v) is 10.5. The molecule has 0 unspecified atom stereocenters. The van der Waals surface area contributed by atoms with Crippen molar-refractivity contribution in [2.24, 2.45) is 0 Å². The summed E-state index contributed by atoms with van der Waals surface area (Å²) in [5, 5.41) is 0. The summed E-state index contributed by atoms with van der Waals surface area (Å²) < 4.78 is 0. The Balaban J connectivity index is 0.000000126. The maximum atomic E-state index is 11.0. The van der Waals surface area contributed by atoms with Crippen molar-refractivity contribution in [2.45, 2.75) is 0 Å². The highest BCUT2D eigenvalue weighted by Gasteiger charge is 2.02. The van der Waals surface area contributed by atoms with E-state index in [-0.39, 0.29) is 17.0 Å². The van der Waals surface area contributed by atoms with Gasteiger partial charge in [-0.25, -0.2) is 19.9 Å². The first-order valence-electron chi connectivity index (χ1n) is 5.73. The molecule has 0 radical (unpaired) electrons. The maximum absolute atomic E-state index is 11.0. The molecule has 4 heterocycles. The fraction of sp³-hybridized carbons (Fsp3) is 0. The molecule has 4 aromatic heterocycles. The zero-order valence-electron chi connectivity index (χ0n) is 10.5. The zero-order chi connectivity index (χ0) is 14.8. The lowest BCUT2D eigenvalue weighted by Gasteiger charge is -1.89. The van der Waals surface area contributed by atoms with E-state index in [4.69, 9.17) is 11.5 Å². The van der Waals surface area contributed by atoms with Gasteiger partial charge in [-0.2, -0.15) is 4.98 Å². The molecule has 0 aliphatic heterocycles. The minimum Gasteiger partial charge on any atom is -0.382 e. The van der Waals surface area contributed by atoms with Crippen LogP contribution in [0.4, 0.5) is 11.8 Å². The quantitative estimate of drug-likeness (QED) is 0.277. The molecule has 0 aliphatic rings. The summed E-state index contributed by atoms with van der Waals surface area (Å²) in [5.41, 5.74) is 12.4. The molecular weight excluding hydrogens is 276 g/mol. The molecule has 0 saturated carbocycles. The average molecular weight is 286 g/mol. The normalized spacial score (nSPS) is 10.5. The van der Waals surface area contributed by atoms with Gasteiger partial charge in [0.15, 0.2) is 22.6 Å². The van der Waals surface area contributed by atoms with Gasteiger partial charge in [0.25, 0.3) is 5.56 Å². The van der Waals surface area contributed by atoms with Crippen LogP contribution in [0.5, 0.6) is 0 Å². The Labute approximate surface area is 115 Å². The first kappa shape index (κ1) is 12.5. The Morgan fingerprint density at radius 3 is 2.38 bits per heavy atom. The Morgan fingerprint density at radius 2 is 1.62 bits per heavy atom. The molecule has 0 fully saturated rings. The summed E-state index contributed by atoms with van der Waals surface area (Å²) in [6.07, 6.45) is 4.33. The maximum Gasteiger partial charge on any atom is 0.280 e. The van der Waals surface area contributed by atoms with Crippen molar-refractivity contribution in [1.82, 2.24) is 39.9 Å². The number of aromatic amines is 3. The molecule has 4 rings (SSSR count). The Hall–Kier alpha value is -3.50. The van der Waals surface area contributed by atoms with Gasteiger partial charge in [-0.3, -0.25) is 9.78 Å². The van der Waals surface area contributed by atoms with Crippen LogP contribution in [0.15, 0.2) is 23.8 Å². The number of nitrogens with one attached hydrogen (secondary N) is 3. The van der Waals surface area contributed by atoms with Gasteiger partial charge in [0, 0.05) is 0 Å². The Bertz CT molecular complexity index is 951. The van der Waals surface area contributed by atoms with Crippen LogP contribution in [-0.4, -0.2) is 39.9 Å². The van der Waals surface area contributed by atoms with Gasteiger partial charge in [-0.15, -0.1) is 0 Å². The second-order valence-corrected chi connectivity index (χ2v) is 3.91. The minimum absolute atomic E-state index is 0.0896. The fourth-order valence-electron chi connectivity index (χ4n) is 1.65. The number of nitrogen functional groups attached to an aromatic ring is 2. The molecule has 11 nitrogen and oxygen atoms in total. The molecule has 0 aliphatic carbocycles. The van der Waals surface area contributed by atoms with E-state index in [1.165, 1.54) is 19.0 Å². The van der Waals surface area contributed by atoms with Gasteiger partial charge in [0.2, 0.25) is 5.95 Å². The predicted octanol–water partition coefficient (Wildman–Crippen LogP) is -0.837. The lowest BCUT2D eigenvalue weighted by atomic mass is 10.5. The molecule has 0 amide bonds. The third-order valence-corrected chi connectivity index (χ3v) is 2.55. The predicted molar refractivity (Wildman–Crippen MR) is 75.0 cm³/mol. The number of rotatable bonds is 0. The number of hydrogen-bond donors (Lipinski definition) is 5. The second-order valence-electron chi connectivity index (χ2n) is 3.91. The molecule has 0 spiro atoms. The van der Waals surface area contributed by atoms with Crippen molar-refractivity contribution in [3.05, 3.63) is 29.3 Å². The van der Waals surface area contributed by atoms with Gasteiger partial charge in [0.05, 0.1) is 12.7 Å². The average Bonchev–Trinajstić information content (AvgIpc) is 3.08. The molecule has 21 heavy (non-hydrogen) atoms. The van der Waals surface area contributed by atoms with E-state index in [1.807, 2.05) is 0 Å². The lowest BCUT2D eigenvalue weighted by molar-refractivity contribution is 1.17. The highest BCUT2D eigenvalue weighted by molar-refractivity contribution is 5.80. The number of nitrogens with zero attached hydrogens (tertiary/aromatic N) is 5. The van der Waals surface area contributed by atoms with E-state index in [1.54, 1.807) is 0 Å². The van der Waals surface area contributed by atoms with Crippen molar-refractivity contribution in [3.63, 3.8) is 0 Å². The molecule has 0 saturated heterocycles. The summed E-state index contributed by atoms with van der Waals surface area (Å²) in [5.74, 6) is 0.498. The van der Waals surface area contributed by atoms with Gasteiger partial charge in [-0.05, 0) is 0 Å². The monoisotopic (exact) mass is 286 g/mol. The van der Waals surface area contributed by atoms with Gasteiger partial charge in [0.1, 0.15) is 11.8 Å². The number of aromatic nitrogens is 8. The first-order chi connectivity index (χ1) is 10.1. The van der Waals surface area contributed by atoms with Crippen LogP contribution in [0.2, 0.25) is 0 Å². The number of H-pyrrole nitrogens is 3. The van der Waals surface area contributed by atoms with Crippen molar-refractivity contribution >= 4 is 34.1 Å². The van der Waals surface area contributed by atoms with Crippen molar-refractivity contribution in [2.75, 3.05) is 11.5 Å². The summed E-state index contributed by atoms with van der Waals surface area (Å²) in [7, 11) is 0. The second kappa shape index (κ2) is 4.88. The topological polar surface area (TPSA) is 181 Å². The number of imidazole rings is 2. The molecule has 0 bridgehead atoms. The molecular formula is C10H10N10O. The van der Waals surface area contributed by atoms with Gasteiger partial charge >= 0.3 is 0 Å². The first-order valence-corrected chi connectivity index (χ1v) is 5.73. The largest absolute Gasteiger partial charge is 0.382 e. The minimum atomic E-state index is -0.325. The standard InChI is InChI=1S/C5H5N5O.C5H5N5/c6-5-9-3-2(4(11)10-5)7-1-8-3;6-4-3-5(9-1-7-3)10-2-8-4/h1H,(H4,6,7,8,9,10,11);1-2H,(H3,6,7,8,9,10).